The van der Waals surface area contributed by atoms with Crippen molar-refractivity contribution < 1.29 is 0 Å². The summed E-state index contributed by atoms with van der Waals surface area (Å²) >= 11 is 12.3. The fourth-order valence-electron chi connectivity index (χ4n) is 3.11. The van der Waals surface area contributed by atoms with Crippen LogP contribution in [-0.2, 0) is 0 Å². The van der Waals surface area contributed by atoms with Crippen LogP contribution in [0.2, 0.25) is 10.0 Å². The average molecular weight is 269 g/mol. The minimum atomic E-state index is 0.287. The van der Waals surface area contributed by atoms with Crippen molar-refractivity contribution in [1.82, 2.24) is 0 Å². The van der Waals surface area contributed by atoms with Gasteiger partial charge in [-0.15, -0.1) is 0 Å². The molecule has 0 saturated heterocycles. The molecule has 0 aliphatic heterocycles. The van der Waals surface area contributed by atoms with Crippen LogP contribution >= 0.6 is 23.2 Å². The lowest BCUT2D eigenvalue weighted by atomic mass is 10.0. The molecule has 1 aliphatic carbocycles. The highest BCUT2D eigenvalue weighted by Crippen LogP contribution is 2.67. The molecule has 0 bridgehead atoms. The molecule has 17 heavy (non-hydrogen) atoms. The largest absolute Gasteiger partial charge is 0.0998 e. The van der Waals surface area contributed by atoms with Crippen molar-refractivity contribution in [2.24, 2.45) is 11.3 Å². The molecule has 1 saturated carbocycles. The number of benzene rings is 1. The van der Waals surface area contributed by atoms with Gasteiger partial charge in [-0.2, -0.15) is 0 Å². The summed E-state index contributed by atoms with van der Waals surface area (Å²) < 4.78 is 0. The molecule has 0 radical (unpaired) electrons. The molecule has 2 atom stereocenters. The second kappa shape index (κ2) is 4.03. The summed E-state index contributed by atoms with van der Waals surface area (Å²) in [4.78, 5) is 0. The molecule has 0 amide bonds. The maximum absolute atomic E-state index is 6.16. The fraction of sp³-hybridized carbons (Fsp3) is 0.467. The van der Waals surface area contributed by atoms with Gasteiger partial charge in [-0.1, -0.05) is 55.3 Å². The van der Waals surface area contributed by atoms with Gasteiger partial charge in [0.2, 0.25) is 0 Å². The van der Waals surface area contributed by atoms with E-state index in [0.29, 0.717) is 21.9 Å². The molecular weight excluding hydrogens is 251 g/mol. The van der Waals surface area contributed by atoms with E-state index in [1.165, 1.54) is 11.1 Å². The number of rotatable bonds is 2. The molecule has 0 nitrogen and oxygen atoms in total. The van der Waals surface area contributed by atoms with Gasteiger partial charge in [0.05, 0.1) is 10.0 Å². The number of aryl methyl sites for hydroxylation is 1. The quantitative estimate of drug-likeness (QED) is 0.611. The Morgan fingerprint density at radius 1 is 1.29 bits per heavy atom. The highest BCUT2D eigenvalue weighted by atomic mass is 35.5. The van der Waals surface area contributed by atoms with Crippen LogP contribution in [0.1, 0.15) is 37.8 Å². The molecular formula is C15H18Cl2. The van der Waals surface area contributed by atoms with Gasteiger partial charge in [-0.3, -0.25) is 0 Å². The second-order valence-electron chi connectivity index (χ2n) is 5.76. The topological polar surface area (TPSA) is 0 Å². The van der Waals surface area contributed by atoms with Gasteiger partial charge in [-0.25, -0.2) is 0 Å². The minimum absolute atomic E-state index is 0.287. The lowest BCUT2D eigenvalue weighted by Gasteiger charge is -2.07. The third-order valence-electron chi connectivity index (χ3n) is 3.95. The van der Waals surface area contributed by atoms with Gasteiger partial charge in [0.1, 0.15) is 0 Å². The van der Waals surface area contributed by atoms with Crippen molar-refractivity contribution in [2.75, 3.05) is 0 Å². The molecule has 2 heteroatoms. The summed E-state index contributed by atoms with van der Waals surface area (Å²) in [6, 6.07) is 4.16. The van der Waals surface area contributed by atoms with Gasteiger partial charge in [-0.05, 0) is 48.3 Å². The Balaban J connectivity index is 2.41. The van der Waals surface area contributed by atoms with E-state index in [0.717, 1.165) is 5.56 Å². The van der Waals surface area contributed by atoms with Crippen LogP contribution in [0.4, 0.5) is 0 Å². The Bertz CT molecular complexity index is 463. The molecule has 0 N–H and O–H groups in total. The van der Waals surface area contributed by atoms with E-state index in [4.69, 9.17) is 23.2 Å². The first-order chi connectivity index (χ1) is 7.76. The molecule has 0 heterocycles. The molecule has 1 fully saturated rings. The molecule has 0 aromatic heterocycles. The van der Waals surface area contributed by atoms with Gasteiger partial charge in [0, 0.05) is 0 Å². The molecule has 1 aromatic carbocycles. The van der Waals surface area contributed by atoms with Crippen LogP contribution in [-0.4, -0.2) is 0 Å². The van der Waals surface area contributed by atoms with Crippen LogP contribution in [0.3, 0.4) is 0 Å². The Morgan fingerprint density at radius 2 is 1.88 bits per heavy atom. The Kier molecular flexibility index (Phi) is 3.08. The Hall–Kier alpha value is -0.460. The standard InChI is InChI=1S/C15H18Cl2/c1-8(2)12-13(15(12,4)5)10-6-9(3)14(17)11(16)7-10/h6-7,12-13H,1H2,2-5H3. The first-order valence-electron chi connectivity index (χ1n) is 5.87. The van der Waals surface area contributed by atoms with Crippen molar-refractivity contribution in [3.63, 3.8) is 0 Å². The van der Waals surface area contributed by atoms with Gasteiger partial charge in [0.25, 0.3) is 0 Å². The molecule has 0 spiro atoms. The smallest absolute Gasteiger partial charge is 0.0621 e. The molecule has 2 rings (SSSR count). The summed E-state index contributed by atoms with van der Waals surface area (Å²) in [6.07, 6.45) is 0. The third kappa shape index (κ3) is 2.02. The number of hydrogen-bond acceptors (Lipinski definition) is 0. The van der Waals surface area contributed by atoms with Gasteiger partial charge in [0.15, 0.2) is 0 Å². The van der Waals surface area contributed by atoms with E-state index in [1.54, 1.807) is 0 Å². The summed E-state index contributed by atoms with van der Waals surface area (Å²) in [5.41, 5.74) is 3.88. The van der Waals surface area contributed by atoms with E-state index in [1.807, 2.05) is 13.0 Å². The van der Waals surface area contributed by atoms with E-state index in [2.05, 4.69) is 33.4 Å². The summed E-state index contributed by atoms with van der Waals surface area (Å²) in [5.74, 6) is 1.08. The highest BCUT2D eigenvalue weighted by Gasteiger charge is 2.58. The third-order valence-corrected chi connectivity index (χ3v) is 4.85. The van der Waals surface area contributed by atoms with Crippen LogP contribution in [0, 0.1) is 18.3 Å². The van der Waals surface area contributed by atoms with Crippen LogP contribution in [0.15, 0.2) is 24.3 Å². The van der Waals surface area contributed by atoms with Crippen molar-refractivity contribution in [3.05, 3.63) is 45.5 Å². The summed E-state index contributed by atoms with van der Waals surface area (Å²) in [6.45, 7) is 12.8. The highest BCUT2D eigenvalue weighted by molar-refractivity contribution is 6.42. The molecule has 92 valence electrons. The van der Waals surface area contributed by atoms with Crippen molar-refractivity contribution in [3.8, 4) is 0 Å². The summed E-state index contributed by atoms with van der Waals surface area (Å²) in [5, 5.41) is 1.32. The Labute approximate surface area is 114 Å². The predicted octanol–water partition coefficient (Wildman–Crippen LogP) is 5.62. The van der Waals surface area contributed by atoms with E-state index < -0.39 is 0 Å². The molecule has 1 aromatic rings. The summed E-state index contributed by atoms with van der Waals surface area (Å²) in [7, 11) is 0. The monoisotopic (exact) mass is 268 g/mol. The maximum atomic E-state index is 6.16. The van der Waals surface area contributed by atoms with Crippen LogP contribution < -0.4 is 0 Å². The van der Waals surface area contributed by atoms with Crippen LogP contribution in [0.25, 0.3) is 0 Å². The molecule has 2 unspecified atom stereocenters. The van der Waals surface area contributed by atoms with Gasteiger partial charge < -0.3 is 0 Å². The van der Waals surface area contributed by atoms with E-state index in [-0.39, 0.29) is 5.41 Å². The predicted molar refractivity (Wildman–Crippen MR) is 76.0 cm³/mol. The normalized spacial score (nSPS) is 25.8. The number of allylic oxidation sites excluding steroid dienone is 1. The van der Waals surface area contributed by atoms with Crippen LogP contribution in [0.5, 0.6) is 0 Å². The fourth-order valence-corrected chi connectivity index (χ4v) is 3.50. The van der Waals surface area contributed by atoms with E-state index >= 15 is 0 Å². The Morgan fingerprint density at radius 3 is 2.29 bits per heavy atom. The minimum Gasteiger partial charge on any atom is -0.0998 e. The first kappa shape index (κ1) is 13.0. The SMILES string of the molecule is C=C(C)C1C(c2cc(C)c(Cl)c(Cl)c2)C1(C)C. The number of halogens is 2. The molecule has 1 aliphatic rings. The van der Waals surface area contributed by atoms with Crippen molar-refractivity contribution in [1.29, 1.82) is 0 Å². The lowest BCUT2D eigenvalue weighted by Crippen LogP contribution is -1.91. The zero-order chi connectivity index (χ0) is 13.0. The maximum Gasteiger partial charge on any atom is 0.0621 e. The lowest BCUT2D eigenvalue weighted by molar-refractivity contribution is 0.584. The van der Waals surface area contributed by atoms with Gasteiger partial charge >= 0.3 is 0 Å². The number of hydrogen-bond donors (Lipinski definition) is 0. The van der Waals surface area contributed by atoms with Crippen molar-refractivity contribution >= 4 is 23.2 Å². The second-order valence-corrected chi connectivity index (χ2v) is 6.54. The zero-order valence-electron chi connectivity index (χ0n) is 10.8. The van der Waals surface area contributed by atoms with Crippen molar-refractivity contribution in [2.45, 2.75) is 33.6 Å². The van der Waals surface area contributed by atoms with E-state index in [9.17, 15) is 0 Å². The zero-order valence-corrected chi connectivity index (χ0v) is 12.3. The average Bonchev–Trinajstić information content (AvgIpc) is 2.77. The first-order valence-corrected chi connectivity index (χ1v) is 6.63.